The van der Waals surface area contributed by atoms with E-state index in [9.17, 15) is 26.3 Å². The van der Waals surface area contributed by atoms with E-state index in [1.165, 1.54) is 7.05 Å². The maximum atomic E-state index is 13.7. The normalized spacial score (nSPS) is 12.5. The first-order chi connectivity index (χ1) is 9.86. The van der Waals surface area contributed by atoms with Gasteiger partial charge in [0.05, 0.1) is 6.04 Å². The molecule has 7 heteroatoms. The fraction of sp³-hybridized carbons (Fsp3) is 0.143. The lowest BCUT2D eigenvalue weighted by Crippen LogP contribution is -2.20. The van der Waals surface area contributed by atoms with E-state index >= 15 is 0 Å². The van der Waals surface area contributed by atoms with Crippen LogP contribution in [0.5, 0.6) is 0 Å². The predicted molar refractivity (Wildman–Crippen MR) is 63.5 cm³/mol. The van der Waals surface area contributed by atoms with Crippen molar-refractivity contribution in [2.24, 2.45) is 0 Å². The maximum absolute atomic E-state index is 13.7. The highest BCUT2D eigenvalue weighted by atomic mass is 19.2. The van der Waals surface area contributed by atoms with Crippen molar-refractivity contribution in [3.63, 3.8) is 0 Å². The van der Waals surface area contributed by atoms with Crippen LogP contribution in [0.1, 0.15) is 17.2 Å². The van der Waals surface area contributed by atoms with Crippen molar-refractivity contribution in [3.05, 3.63) is 70.3 Å². The molecule has 0 aliphatic rings. The van der Waals surface area contributed by atoms with Crippen molar-refractivity contribution in [1.29, 1.82) is 0 Å². The average Bonchev–Trinajstić information content (AvgIpc) is 2.45. The van der Waals surface area contributed by atoms with Crippen molar-refractivity contribution in [3.8, 4) is 0 Å². The van der Waals surface area contributed by atoms with Gasteiger partial charge in [0.15, 0.2) is 34.9 Å². The van der Waals surface area contributed by atoms with Crippen molar-refractivity contribution in [2.45, 2.75) is 6.04 Å². The van der Waals surface area contributed by atoms with Crippen LogP contribution in [-0.2, 0) is 0 Å². The lowest BCUT2D eigenvalue weighted by Gasteiger charge is -2.18. The lowest BCUT2D eigenvalue weighted by molar-refractivity contribution is 0.431. The number of hydrogen-bond acceptors (Lipinski definition) is 1. The molecule has 112 valence electrons. The highest BCUT2D eigenvalue weighted by molar-refractivity contribution is 5.34. The fourth-order valence-electron chi connectivity index (χ4n) is 2.01. The van der Waals surface area contributed by atoms with Gasteiger partial charge in [-0.2, -0.15) is 0 Å². The molecule has 0 spiro atoms. The van der Waals surface area contributed by atoms with Crippen molar-refractivity contribution in [1.82, 2.24) is 5.32 Å². The smallest absolute Gasteiger partial charge is 0.194 e. The number of rotatable bonds is 3. The van der Waals surface area contributed by atoms with Crippen LogP contribution in [-0.4, -0.2) is 7.05 Å². The molecule has 0 aliphatic heterocycles. The summed E-state index contributed by atoms with van der Waals surface area (Å²) in [6, 6.07) is 1.76. The standard InChI is InChI=1S/C14H9F6N/c1-21-14(6-4-9(16)12(19)10(17)5-6)7-2-3-8(15)13(20)11(7)18/h2-5,14,21H,1H3. The Morgan fingerprint density at radius 2 is 1.33 bits per heavy atom. The van der Waals surface area contributed by atoms with Gasteiger partial charge in [0.1, 0.15) is 0 Å². The summed E-state index contributed by atoms with van der Waals surface area (Å²) in [6.07, 6.45) is 0. The fourth-order valence-corrected chi connectivity index (χ4v) is 2.01. The van der Waals surface area contributed by atoms with Crippen molar-refractivity contribution >= 4 is 0 Å². The maximum Gasteiger partial charge on any atom is 0.194 e. The topological polar surface area (TPSA) is 12.0 Å². The van der Waals surface area contributed by atoms with Crippen LogP contribution >= 0.6 is 0 Å². The Balaban J connectivity index is 2.58. The van der Waals surface area contributed by atoms with Crippen LogP contribution in [0.15, 0.2) is 24.3 Å². The molecule has 2 rings (SSSR count). The van der Waals surface area contributed by atoms with Crippen molar-refractivity contribution < 1.29 is 26.3 Å². The van der Waals surface area contributed by atoms with Gasteiger partial charge >= 0.3 is 0 Å². The van der Waals surface area contributed by atoms with Gasteiger partial charge < -0.3 is 5.32 Å². The van der Waals surface area contributed by atoms with Crippen LogP contribution in [0.4, 0.5) is 26.3 Å². The van der Waals surface area contributed by atoms with E-state index in [2.05, 4.69) is 5.32 Å². The van der Waals surface area contributed by atoms with Gasteiger partial charge in [0, 0.05) is 5.56 Å². The van der Waals surface area contributed by atoms with E-state index in [0.717, 1.165) is 6.07 Å². The minimum atomic E-state index is -1.70. The molecule has 2 aromatic rings. The zero-order chi connectivity index (χ0) is 15.7. The summed E-state index contributed by atoms with van der Waals surface area (Å²) in [5.74, 6) is -9.17. The molecule has 0 amide bonds. The molecule has 0 aromatic heterocycles. The second-order valence-corrected chi connectivity index (χ2v) is 4.28. The number of nitrogens with one attached hydrogen (secondary N) is 1. The van der Waals surface area contributed by atoms with Gasteiger partial charge in [-0.05, 0) is 30.8 Å². The molecule has 2 aromatic carbocycles. The molecule has 0 heterocycles. The summed E-state index contributed by atoms with van der Waals surface area (Å²) in [7, 11) is 1.32. The molecule has 21 heavy (non-hydrogen) atoms. The molecule has 0 saturated carbocycles. The second-order valence-electron chi connectivity index (χ2n) is 4.28. The Labute approximate surface area is 116 Å². The summed E-state index contributed by atoms with van der Waals surface area (Å²) in [6.45, 7) is 0. The molecule has 0 radical (unpaired) electrons. The average molecular weight is 305 g/mol. The van der Waals surface area contributed by atoms with Gasteiger partial charge in [-0.3, -0.25) is 0 Å². The minimum absolute atomic E-state index is 0.168. The molecule has 0 fully saturated rings. The zero-order valence-corrected chi connectivity index (χ0v) is 10.7. The largest absolute Gasteiger partial charge is 0.309 e. The van der Waals surface area contributed by atoms with Gasteiger partial charge in [-0.1, -0.05) is 6.07 Å². The van der Waals surface area contributed by atoms with Crippen LogP contribution in [0.2, 0.25) is 0 Å². The van der Waals surface area contributed by atoms with Gasteiger partial charge in [0.2, 0.25) is 0 Å². The Morgan fingerprint density at radius 1 is 0.762 bits per heavy atom. The van der Waals surface area contributed by atoms with E-state index in [1.807, 2.05) is 0 Å². The monoisotopic (exact) mass is 305 g/mol. The van der Waals surface area contributed by atoms with E-state index in [4.69, 9.17) is 0 Å². The van der Waals surface area contributed by atoms with E-state index in [0.29, 0.717) is 18.2 Å². The molecule has 0 aliphatic carbocycles. The number of halogens is 6. The Kier molecular flexibility index (Phi) is 4.22. The van der Waals surface area contributed by atoms with Crippen LogP contribution in [0, 0.1) is 34.9 Å². The number of hydrogen-bond donors (Lipinski definition) is 1. The van der Waals surface area contributed by atoms with E-state index < -0.39 is 40.9 Å². The summed E-state index contributed by atoms with van der Waals surface area (Å²) in [5.41, 5.74) is -0.527. The zero-order valence-electron chi connectivity index (χ0n) is 10.7. The van der Waals surface area contributed by atoms with Gasteiger partial charge in [-0.15, -0.1) is 0 Å². The molecular formula is C14H9F6N. The van der Waals surface area contributed by atoms with Crippen LogP contribution in [0.25, 0.3) is 0 Å². The van der Waals surface area contributed by atoms with Crippen molar-refractivity contribution in [2.75, 3.05) is 7.05 Å². The molecule has 1 N–H and O–H groups in total. The first-order valence-corrected chi connectivity index (χ1v) is 5.82. The SMILES string of the molecule is CNC(c1cc(F)c(F)c(F)c1)c1ccc(F)c(F)c1F. The molecule has 1 nitrogen and oxygen atoms in total. The quantitative estimate of drug-likeness (QED) is 0.671. The highest BCUT2D eigenvalue weighted by Crippen LogP contribution is 2.28. The van der Waals surface area contributed by atoms with Crippen LogP contribution < -0.4 is 5.32 Å². The van der Waals surface area contributed by atoms with Gasteiger partial charge in [0.25, 0.3) is 0 Å². The highest BCUT2D eigenvalue weighted by Gasteiger charge is 2.23. The number of benzene rings is 2. The predicted octanol–water partition coefficient (Wildman–Crippen LogP) is 3.83. The minimum Gasteiger partial charge on any atom is -0.309 e. The molecule has 1 unspecified atom stereocenters. The third-order valence-electron chi connectivity index (χ3n) is 3.00. The Bertz CT molecular complexity index is 662. The van der Waals surface area contributed by atoms with Gasteiger partial charge in [-0.25, -0.2) is 26.3 Å². The van der Waals surface area contributed by atoms with E-state index in [1.54, 1.807) is 0 Å². The summed E-state index contributed by atoms with van der Waals surface area (Å²) < 4.78 is 79.3. The van der Waals surface area contributed by atoms with E-state index in [-0.39, 0.29) is 11.1 Å². The summed E-state index contributed by atoms with van der Waals surface area (Å²) in [4.78, 5) is 0. The third kappa shape index (κ3) is 2.73. The third-order valence-corrected chi connectivity index (χ3v) is 3.00. The molecule has 0 bridgehead atoms. The first-order valence-electron chi connectivity index (χ1n) is 5.82. The van der Waals surface area contributed by atoms with Crippen LogP contribution in [0.3, 0.4) is 0 Å². The summed E-state index contributed by atoms with van der Waals surface area (Å²) in [5, 5.41) is 2.51. The molecule has 0 saturated heterocycles. The molecule has 1 atom stereocenters. The summed E-state index contributed by atoms with van der Waals surface area (Å²) >= 11 is 0. The lowest BCUT2D eigenvalue weighted by atomic mass is 9.97. The molecular weight excluding hydrogens is 296 g/mol. The Hall–Kier alpha value is -2.02. The second kappa shape index (κ2) is 5.77. The Morgan fingerprint density at radius 3 is 1.86 bits per heavy atom. The first kappa shape index (κ1) is 15.4.